The predicted molar refractivity (Wildman–Crippen MR) is 164 cm³/mol. The monoisotopic (exact) mass is 615 g/mol. The van der Waals surface area contributed by atoms with E-state index in [4.69, 9.17) is 33.2 Å². The summed E-state index contributed by atoms with van der Waals surface area (Å²) in [5, 5.41) is 0. The molecule has 0 N–H and O–H groups in total. The smallest absolute Gasteiger partial charge is 0.231 e. The molecule has 4 aliphatic rings. The van der Waals surface area contributed by atoms with Gasteiger partial charge in [0.1, 0.15) is 30.5 Å². The average Bonchev–Trinajstić information content (AvgIpc) is 3.64. The summed E-state index contributed by atoms with van der Waals surface area (Å²) in [6.07, 6.45) is -2.94. The number of hydrogen-bond acceptors (Lipinski definition) is 8. The largest absolute Gasteiger partial charge is 0.375 e. The number of amides is 1. The number of carbonyl (C=O) groups is 1. The highest BCUT2D eigenvalue weighted by atomic mass is 16.8. The van der Waals surface area contributed by atoms with Crippen LogP contribution in [0.25, 0.3) is 0 Å². The fraction of sp³-hybridized carbons (Fsp3) is 0.472. The van der Waals surface area contributed by atoms with Crippen molar-refractivity contribution in [3.63, 3.8) is 0 Å². The van der Waals surface area contributed by atoms with Crippen molar-refractivity contribution in [3.05, 3.63) is 108 Å². The van der Waals surface area contributed by atoms with Gasteiger partial charge in [0, 0.05) is 7.11 Å². The molecule has 0 aromatic heterocycles. The van der Waals surface area contributed by atoms with Crippen molar-refractivity contribution in [2.45, 2.75) is 88.3 Å². The molecule has 0 aliphatic carbocycles. The number of carbonyl (C=O) groups excluding carboxylic acids is 1. The van der Waals surface area contributed by atoms with Gasteiger partial charge in [-0.2, -0.15) is 0 Å². The number of hydrogen-bond donors (Lipinski definition) is 0. The van der Waals surface area contributed by atoms with Gasteiger partial charge in [0.15, 0.2) is 12.1 Å². The zero-order valence-corrected chi connectivity index (χ0v) is 25.9. The van der Waals surface area contributed by atoms with Crippen molar-refractivity contribution in [2.75, 3.05) is 13.7 Å². The van der Waals surface area contributed by atoms with Crippen molar-refractivity contribution in [1.82, 2.24) is 4.90 Å². The summed E-state index contributed by atoms with van der Waals surface area (Å²) in [6.45, 7) is 5.24. The summed E-state index contributed by atoms with van der Waals surface area (Å²) in [7, 11) is 1.59. The molecule has 1 amide bonds. The number of β-lactam (4-membered cyclic amide) rings is 1. The lowest BCUT2D eigenvalue weighted by Crippen LogP contribution is -2.68. The lowest BCUT2D eigenvalue weighted by Gasteiger charge is -2.49. The normalized spacial score (nSPS) is 33.2. The Morgan fingerprint density at radius 1 is 0.711 bits per heavy atom. The first kappa shape index (κ1) is 30.5. The maximum absolute atomic E-state index is 14.2. The van der Waals surface area contributed by atoms with Crippen molar-refractivity contribution in [2.24, 2.45) is 5.92 Å². The van der Waals surface area contributed by atoms with E-state index in [1.165, 1.54) is 0 Å². The molecular weight excluding hydrogens is 574 g/mol. The molecule has 7 rings (SSSR count). The van der Waals surface area contributed by atoms with E-state index >= 15 is 0 Å². The first-order valence-corrected chi connectivity index (χ1v) is 15.7. The van der Waals surface area contributed by atoms with E-state index in [-0.39, 0.29) is 18.0 Å². The molecule has 3 aromatic carbocycles. The Morgan fingerprint density at radius 3 is 1.82 bits per heavy atom. The van der Waals surface area contributed by atoms with Gasteiger partial charge >= 0.3 is 0 Å². The molecular formula is C36H41NO8. The van der Waals surface area contributed by atoms with Gasteiger partial charge in [-0.25, -0.2) is 0 Å². The first-order chi connectivity index (χ1) is 21.9. The zero-order chi connectivity index (χ0) is 31.0. The van der Waals surface area contributed by atoms with Crippen LogP contribution >= 0.6 is 0 Å². The minimum absolute atomic E-state index is 0.0266. The molecule has 9 nitrogen and oxygen atoms in total. The van der Waals surface area contributed by atoms with Gasteiger partial charge in [0.25, 0.3) is 0 Å². The molecule has 9 heteroatoms. The van der Waals surface area contributed by atoms with Crippen LogP contribution in [-0.4, -0.2) is 79.2 Å². The number of rotatable bonds is 12. The second-order valence-electron chi connectivity index (χ2n) is 12.6. The fourth-order valence-electron chi connectivity index (χ4n) is 7.26. The molecule has 4 saturated heterocycles. The molecule has 238 valence electrons. The highest BCUT2D eigenvalue weighted by Crippen LogP contribution is 2.50. The molecule has 0 unspecified atom stereocenters. The van der Waals surface area contributed by atoms with Crippen molar-refractivity contribution in [1.29, 1.82) is 0 Å². The summed E-state index contributed by atoms with van der Waals surface area (Å²) in [5.74, 6) is -1.35. The standard InChI is InChI=1S/C36H41NO8/c1-36(2)44-32-30(43-35(39-3)33(32)45-36)27-28-31(42-21-25-17-11-6-12-18-25)29(41-20-24-15-9-5-10-16-24)26(37(28)34(27)38)22-40-19-23-13-7-4-8-14-23/h4-18,26-33,35H,19-22H2,1-3H3/t26-,27+,28-,29-,30+,31-,32+,33+,35+/m0/s1. The minimum Gasteiger partial charge on any atom is -0.375 e. The molecule has 4 aliphatic heterocycles. The van der Waals surface area contributed by atoms with Crippen LogP contribution in [-0.2, 0) is 57.8 Å². The summed E-state index contributed by atoms with van der Waals surface area (Å²) in [4.78, 5) is 16.1. The number of nitrogens with zero attached hydrogens (tertiary/aromatic N) is 1. The first-order valence-electron chi connectivity index (χ1n) is 15.7. The van der Waals surface area contributed by atoms with Gasteiger partial charge < -0.3 is 38.1 Å². The molecule has 0 radical (unpaired) electrons. The molecule has 4 fully saturated rings. The SMILES string of the molecule is CO[C@@H]1O[C@H]([C@@H]2C(=O)N3[C@@H]2[C@H](OCc2ccccc2)[C@@H](OCc2ccccc2)[C@@H]3COCc2ccccc2)[C@H]2OC(C)(C)O[C@@H]12. The van der Waals surface area contributed by atoms with E-state index in [1.54, 1.807) is 7.11 Å². The van der Waals surface area contributed by atoms with Gasteiger partial charge in [0.05, 0.1) is 44.4 Å². The lowest BCUT2D eigenvalue weighted by molar-refractivity contribution is -0.242. The fourth-order valence-corrected chi connectivity index (χ4v) is 7.26. The van der Waals surface area contributed by atoms with Crippen LogP contribution in [0.1, 0.15) is 30.5 Å². The van der Waals surface area contributed by atoms with Crippen LogP contribution in [0.2, 0.25) is 0 Å². The number of ether oxygens (including phenoxy) is 7. The highest BCUT2D eigenvalue weighted by Gasteiger charge is 2.70. The van der Waals surface area contributed by atoms with E-state index < -0.39 is 48.5 Å². The van der Waals surface area contributed by atoms with E-state index in [9.17, 15) is 4.79 Å². The maximum Gasteiger partial charge on any atom is 0.231 e. The van der Waals surface area contributed by atoms with E-state index in [2.05, 4.69) is 0 Å². The van der Waals surface area contributed by atoms with Gasteiger partial charge in [-0.05, 0) is 30.5 Å². The van der Waals surface area contributed by atoms with Gasteiger partial charge in [-0.15, -0.1) is 0 Å². The van der Waals surface area contributed by atoms with Crippen LogP contribution < -0.4 is 0 Å². The van der Waals surface area contributed by atoms with E-state index in [1.807, 2.05) is 110 Å². The molecule has 9 atom stereocenters. The Labute approximate surface area is 264 Å². The average molecular weight is 616 g/mol. The van der Waals surface area contributed by atoms with Crippen molar-refractivity contribution < 1.29 is 38.0 Å². The Balaban J connectivity index is 1.18. The molecule has 4 heterocycles. The number of benzene rings is 3. The van der Waals surface area contributed by atoms with Crippen LogP contribution in [0.15, 0.2) is 91.0 Å². The second-order valence-corrected chi connectivity index (χ2v) is 12.6. The zero-order valence-electron chi connectivity index (χ0n) is 25.9. The van der Waals surface area contributed by atoms with Crippen molar-refractivity contribution >= 4 is 5.91 Å². The Kier molecular flexibility index (Phi) is 8.76. The molecule has 0 bridgehead atoms. The lowest BCUT2D eigenvalue weighted by atomic mass is 9.79. The Morgan fingerprint density at radius 2 is 1.24 bits per heavy atom. The van der Waals surface area contributed by atoms with Crippen LogP contribution in [0.4, 0.5) is 0 Å². The predicted octanol–water partition coefficient (Wildman–Crippen LogP) is 4.47. The van der Waals surface area contributed by atoms with Crippen LogP contribution in [0.3, 0.4) is 0 Å². The van der Waals surface area contributed by atoms with Gasteiger partial charge in [-0.3, -0.25) is 4.79 Å². The summed E-state index contributed by atoms with van der Waals surface area (Å²) in [5.41, 5.74) is 3.15. The minimum atomic E-state index is -0.811. The third kappa shape index (κ3) is 6.06. The summed E-state index contributed by atoms with van der Waals surface area (Å²) >= 11 is 0. The number of methoxy groups -OCH3 is 1. The van der Waals surface area contributed by atoms with Gasteiger partial charge in [0.2, 0.25) is 5.91 Å². The molecule has 0 spiro atoms. The summed E-state index contributed by atoms with van der Waals surface area (Å²) in [6, 6.07) is 29.5. The maximum atomic E-state index is 14.2. The molecule has 3 aromatic rings. The Hall–Kier alpha value is -3.15. The van der Waals surface area contributed by atoms with Gasteiger partial charge in [-0.1, -0.05) is 91.0 Å². The molecule has 0 saturated carbocycles. The second kappa shape index (κ2) is 12.9. The number of fused-ring (bicyclic) bond motifs is 2. The van der Waals surface area contributed by atoms with E-state index in [0.29, 0.717) is 26.4 Å². The third-order valence-corrected chi connectivity index (χ3v) is 9.23. The summed E-state index contributed by atoms with van der Waals surface area (Å²) < 4.78 is 44.1. The van der Waals surface area contributed by atoms with Crippen LogP contribution in [0, 0.1) is 5.92 Å². The van der Waals surface area contributed by atoms with Crippen LogP contribution in [0.5, 0.6) is 0 Å². The topological polar surface area (TPSA) is 84.9 Å². The van der Waals surface area contributed by atoms with Crippen molar-refractivity contribution in [3.8, 4) is 0 Å². The third-order valence-electron chi connectivity index (χ3n) is 9.23. The molecule has 45 heavy (non-hydrogen) atoms. The quantitative estimate of drug-likeness (QED) is 0.276. The van der Waals surface area contributed by atoms with E-state index in [0.717, 1.165) is 16.7 Å². The Bertz CT molecular complexity index is 1420. The highest BCUT2D eigenvalue weighted by molar-refractivity contribution is 5.88.